The molecular weight excluding hydrogens is 560 g/mol. The third-order valence-electron chi connectivity index (χ3n) is 7.57. The first-order chi connectivity index (χ1) is 19.9. The fourth-order valence-electron chi connectivity index (χ4n) is 5.09. The van der Waals surface area contributed by atoms with E-state index >= 15 is 0 Å². The van der Waals surface area contributed by atoms with Gasteiger partial charge in [0.05, 0.1) is 6.04 Å². The van der Waals surface area contributed by atoms with Crippen molar-refractivity contribution in [3.63, 3.8) is 0 Å². The largest absolute Gasteiger partial charge is 0.440 e. The summed E-state index contributed by atoms with van der Waals surface area (Å²) in [5.74, 6) is -3.71. The van der Waals surface area contributed by atoms with Gasteiger partial charge in [-0.1, -0.05) is 87.7 Å². The van der Waals surface area contributed by atoms with E-state index in [0.29, 0.717) is 24.4 Å². The van der Waals surface area contributed by atoms with Crippen LogP contribution in [0, 0.1) is 5.92 Å². The zero-order valence-corrected chi connectivity index (χ0v) is 24.9. The third kappa shape index (κ3) is 8.55. The average Bonchev–Trinajstić information content (AvgIpc) is 3.37. The van der Waals surface area contributed by atoms with Crippen molar-refractivity contribution in [2.75, 3.05) is 6.54 Å². The number of hydrogen-bond acceptors (Lipinski definition) is 6. The number of alkyl carbamates (subject to hydrolysis) is 1. The topological polar surface area (TPSA) is 157 Å². The van der Waals surface area contributed by atoms with Crippen LogP contribution in [0.4, 0.5) is 4.79 Å². The van der Waals surface area contributed by atoms with Gasteiger partial charge in [0.25, 0.3) is 5.91 Å². The van der Waals surface area contributed by atoms with E-state index in [2.05, 4.69) is 16.0 Å². The lowest BCUT2D eigenvalue weighted by Gasteiger charge is -2.35. The molecule has 1 heterocycles. The number of amides is 4. The number of nitrogens with two attached hydrogens (primary N) is 1. The minimum absolute atomic E-state index is 0.0752. The lowest BCUT2D eigenvalue weighted by Crippen LogP contribution is -2.54. The first-order valence-electron chi connectivity index (χ1n) is 14.1. The van der Waals surface area contributed by atoms with Crippen molar-refractivity contribution < 1.29 is 28.7 Å². The van der Waals surface area contributed by atoms with Crippen LogP contribution in [-0.4, -0.2) is 48.2 Å². The van der Waals surface area contributed by atoms with Crippen molar-refractivity contribution in [3.8, 4) is 0 Å². The van der Waals surface area contributed by atoms with Crippen molar-refractivity contribution >= 4 is 41.2 Å². The number of primary amides is 1. The van der Waals surface area contributed by atoms with Crippen molar-refractivity contribution in [1.82, 2.24) is 16.0 Å². The molecule has 4 amide bonds. The van der Waals surface area contributed by atoms with Crippen LogP contribution in [0.1, 0.15) is 70.1 Å². The summed E-state index contributed by atoms with van der Waals surface area (Å²) >= 11 is 6.26. The first kappa shape index (κ1) is 32.6. The maximum absolute atomic E-state index is 13.4. The molecule has 11 heteroatoms. The number of ether oxygens (including phenoxy) is 1. The summed E-state index contributed by atoms with van der Waals surface area (Å²) < 4.78 is 6.00. The van der Waals surface area contributed by atoms with Gasteiger partial charge in [-0.3, -0.25) is 19.2 Å². The van der Waals surface area contributed by atoms with Crippen LogP contribution in [0.25, 0.3) is 0 Å². The van der Waals surface area contributed by atoms with Crippen LogP contribution in [0.3, 0.4) is 0 Å². The molecule has 2 aromatic carbocycles. The molecule has 0 radical (unpaired) electrons. The Bertz CT molecular complexity index is 1290. The Kier molecular flexibility index (Phi) is 11.5. The molecule has 4 unspecified atom stereocenters. The normalized spacial score (nSPS) is 17.0. The van der Waals surface area contributed by atoms with E-state index in [9.17, 15) is 24.0 Å². The summed E-state index contributed by atoms with van der Waals surface area (Å²) in [6.45, 7) is 6.24. The predicted molar refractivity (Wildman–Crippen MR) is 158 cm³/mol. The summed E-state index contributed by atoms with van der Waals surface area (Å²) in [7, 11) is 0. The van der Waals surface area contributed by atoms with Crippen LogP contribution in [-0.2, 0) is 29.3 Å². The average molecular weight is 599 g/mol. The molecule has 1 aliphatic heterocycles. The van der Waals surface area contributed by atoms with Gasteiger partial charge in [-0.2, -0.15) is 0 Å². The molecule has 0 saturated carbocycles. The summed E-state index contributed by atoms with van der Waals surface area (Å²) in [5, 5.41) is 8.43. The highest BCUT2D eigenvalue weighted by Crippen LogP contribution is 2.40. The van der Waals surface area contributed by atoms with Gasteiger partial charge in [0.2, 0.25) is 17.6 Å². The number of rotatable bonds is 14. The molecule has 2 aromatic rings. The Balaban J connectivity index is 1.82. The molecule has 0 aromatic heterocycles. The fourth-order valence-corrected chi connectivity index (χ4v) is 5.28. The van der Waals surface area contributed by atoms with Gasteiger partial charge >= 0.3 is 6.09 Å². The second-order valence-electron chi connectivity index (χ2n) is 11.1. The van der Waals surface area contributed by atoms with E-state index in [1.165, 1.54) is 0 Å². The van der Waals surface area contributed by atoms with Crippen LogP contribution in [0.15, 0.2) is 54.6 Å². The van der Waals surface area contributed by atoms with Crippen molar-refractivity contribution in [2.24, 2.45) is 11.7 Å². The minimum Gasteiger partial charge on any atom is -0.440 e. The Morgan fingerprint density at radius 1 is 1.07 bits per heavy atom. The third-order valence-corrected chi connectivity index (χ3v) is 7.80. The highest BCUT2D eigenvalue weighted by atomic mass is 35.5. The van der Waals surface area contributed by atoms with Gasteiger partial charge in [0.1, 0.15) is 12.1 Å². The Hall–Kier alpha value is -3.92. The highest BCUT2D eigenvalue weighted by Gasteiger charge is 2.38. The van der Waals surface area contributed by atoms with Gasteiger partial charge < -0.3 is 26.4 Å². The number of carbonyl (C=O) groups excluding carboxylic acids is 5. The van der Waals surface area contributed by atoms with Crippen molar-refractivity contribution in [1.29, 1.82) is 0 Å². The summed E-state index contributed by atoms with van der Waals surface area (Å²) in [4.78, 5) is 63.1. The monoisotopic (exact) mass is 598 g/mol. The number of halogens is 1. The Labute approximate surface area is 251 Å². The molecular formula is C31H39ClN4O6. The van der Waals surface area contributed by atoms with Gasteiger partial charge in [0, 0.05) is 22.9 Å². The van der Waals surface area contributed by atoms with E-state index in [4.69, 9.17) is 22.1 Å². The molecule has 0 spiro atoms. The fraction of sp³-hybridized carbons (Fsp3) is 0.452. The van der Waals surface area contributed by atoms with E-state index in [0.717, 1.165) is 17.5 Å². The SMILES string of the molecule is CCCCC(NC(=O)OC(c1ccccc1)C(C)(C)c1cccc(Cl)c1)C(=O)NC(CC1CCNC1=O)C(=O)C(N)=O. The molecule has 42 heavy (non-hydrogen) atoms. The van der Waals surface area contributed by atoms with E-state index in [1.54, 1.807) is 6.07 Å². The quantitative estimate of drug-likeness (QED) is 0.243. The smallest absolute Gasteiger partial charge is 0.408 e. The molecule has 1 saturated heterocycles. The molecule has 3 rings (SSSR count). The van der Waals surface area contributed by atoms with Crippen LogP contribution < -0.4 is 21.7 Å². The molecule has 1 aliphatic rings. The molecule has 1 fully saturated rings. The number of Topliss-reactive ketones (excluding diaryl/α,β-unsaturated/α-hetero) is 1. The van der Waals surface area contributed by atoms with Crippen molar-refractivity contribution in [2.45, 2.75) is 76.5 Å². The highest BCUT2D eigenvalue weighted by molar-refractivity contribution is 6.38. The molecule has 226 valence electrons. The van der Waals surface area contributed by atoms with Gasteiger partial charge in [-0.05, 0) is 42.5 Å². The predicted octanol–water partition coefficient (Wildman–Crippen LogP) is 3.71. The number of hydrogen-bond donors (Lipinski definition) is 4. The number of ketones is 1. The summed E-state index contributed by atoms with van der Waals surface area (Å²) in [6.07, 6.45) is 0.389. The zero-order chi connectivity index (χ0) is 30.9. The second-order valence-corrected chi connectivity index (χ2v) is 11.5. The van der Waals surface area contributed by atoms with Crippen LogP contribution >= 0.6 is 11.6 Å². The summed E-state index contributed by atoms with van der Waals surface area (Å²) in [6, 6.07) is 14.2. The molecule has 5 N–H and O–H groups in total. The summed E-state index contributed by atoms with van der Waals surface area (Å²) in [5.41, 5.74) is 6.10. The van der Waals surface area contributed by atoms with Gasteiger partial charge in [0.15, 0.2) is 0 Å². The van der Waals surface area contributed by atoms with Crippen molar-refractivity contribution in [3.05, 3.63) is 70.7 Å². The number of carbonyl (C=O) groups is 5. The molecule has 0 bridgehead atoms. The van der Waals surface area contributed by atoms with E-state index < -0.39 is 53.2 Å². The number of benzene rings is 2. The van der Waals surface area contributed by atoms with Crippen LogP contribution in [0.5, 0.6) is 0 Å². The van der Waals surface area contributed by atoms with E-state index in [1.807, 2.05) is 69.3 Å². The second kappa shape index (κ2) is 14.8. The Morgan fingerprint density at radius 3 is 2.38 bits per heavy atom. The van der Waals surface area contributed by atoms with Crippen LogP contribution in [0.2, 0.25) is 5.02 Å². The maximum atomic E-state index is 13.4. The lowest BCUT2D eigenvalue weighted by atomic mass is 9.76. The number of unbranched alkanes of at least 4 members (excludes halogenated alkanes) is 1. The first-order valence-corrected chi connectivity index (χ1v) is 14.5. The lowest BCUT2D eigenvalue weighted by molar-refractivity contribution is -0.139. The van der Waals surface area contributed by atoms with Gasteiger partial charge in [-0.15, -0.1) is 0 Å². The maximum Gasteiger partial charge on any atom is 0.408 e. The Morgan fingerprint density at radius 2 is 1.79 bits per heavy atom. The standard InChI is InChI=1S/C31H39ClN4O6/c1-4-5-14-23(29(40)35-24(25(37)27(33)38)17-20-15-16-34-28(20)39)36-30(41)42-26(19-10-7-6-8-11-19)31(2,3)21-12-9-13-22(32)18-21/h6-13,18,20,23-24,26H,4-5,14-17H2,1-3H3,(H2,33,38)(H,34,39)(H,35,40)(H,36,41). The molecule has 0 aliphatic carbocycles. The minimum atomic E-state index is -1.30. The molecule has 4 atom stereocenters. The number of nitrogens with one attached hydrogen (secondary N) is 3. The molecule has 10 nitrogen and oxygen atoms in total. The zero-order valence-electron chi connectivity index (χ0n) is 24.2. The van der Waals surface area contributed by atoms with Gasteiger partial charge in [-0.25, -0.2) is 4.79 Å². The van der Waals surface area contributed by atoms with E-state index in [-0.39, 0.29) is 18.7 Å².